The van der Waals surface area contributed by atoms with Crippen LogP contribution in [0.2, 0.25) is 0 Å². The first-order valence-electron chi connectivity index (χ1n) is 4.28. The first kappa shape index (κ1) is 8.10. The highest BCUT2D eigenvalue weighted by molar-refractivity contribution is 5.65. The molecule has 68 valence electrons. The SMILES string of the molecule is COC1=CCC=C1n1ccnc1C. The minimum atomic E-state index is 0.932. The zero-order valence-corrected chi connectivity index (χ0v) is 7.82. The Kier molecular flexibility index (Phi) is 1.93. The highest BCUT2D eigenvalue weighted by Crippen LogP contribution is 2.24. The number of ether oxygens (including phenoxy) is 1. The molecule has 0 spiro atoms. The predicted molar refractivity (Wildman–Crippen MR) is 50.9 cm³/mol. The molecule has 0 N–H and O–H groups in total. The summed E-state index contributed by atoms with van der Waals surface area (Å²) in [5.41, 5.74) is 1.09. The molecule has 0 fully saturated rings. The third-order valence-electron chi connectivity index (χ3n) is 2.17. The van der Waals surface area contributed by atoms with Gasteiger partial charge in [-0.1, -0.05) is 6.08 Å². The molecule has 13 heavy (non-hydrogen) atoms. The highest BCUT2D eigenvalue weighted by Gasteiger charge is 2.13. The molecule has 0 saturated carbocycles. The van der Waals surface area contributed by atoms with Gasteiger partial charge in [0.25, 0.3) is 0 Å². The lowest BCUT2D eigenvalue weighted by atomic mass is 10.4. The molecule has 3 heteroatoms. The molecule has 0 bridgehead atoms. The van der Waals surface area contributed by atoms with Gasteiger partial charge in [0.2, 0.25) is 0 Å². The van der Waals surface area contributed by atoms with Gasteiger partial charge in [0.1, 0.15) is 11.6 Å². The van der Waals surface area contributed by atoms with Gasteiger partial charge in [0.15, 0.2) is 0 Å². The van der Waals surface area contributed by atoms with Crippen LogP contribution in [0.1, 0.15) is 12.2 Å². The van der Waals surface area contributed by atoms with Gasteiger partial charge >= 0.3 is 0 Å². The average Bonchev–Trinajstić information content (AvgIpc) is 2.71. The van der Waals surface area contributed by atoms with Crippen molar-refractivity contribution in [3.05, 3.63) is 36.1 Å². The van der Waals surface area contributed by atoms with E-state index in [4.69, 9.17) is 4.74 Å². The molecule has 1 aromatic rings. The second kappa shape index (κ2) is 3.09. The van der Waals surface area contributed by atoms with Crippen molar-refractivity contribution in [1.82, 2.24) is 9.55 Å². The summed E-state index contributed by atoms with van der Waals surface area (Å²) < 4.78 is 7.28. The van der Waals surface area contributed by atoms with Crippen LogP contribution in [-0.4, -0.2) is 16.7 Å². The van der Waals surface area contributed by atoms with Crippen LogP contribution in [0.25, 0.3) is 5.70 Å². The van der Waals surface area contributed by atoms with Gasteiger partial charge in [0, 0.05) is 12.4 Å². The Labute approximate surface area is 77.4 Å². The van der Waals surface area contributed by atoms with Crippen molar-refractivity contribution in [2.45, 2.75) is 13.3 Å². The van der Waals surface area contributed by atoms with Crippen molar-refractivity contribution in [1.29, 1.82) is 0 Å². The van der Waals surface area contributed by atoms with Gasteiger partial charge in [-0.15, -0.1) is 0 Å². The maximum atomic E-state index is 5.25. The maximum Gasteiger partial charge on any atom is 0.138 e. The first-order valence-corrected chi connectivity index (χ1v) is 4.28. The van der Waals surface area contributed by atoms with Gasteiger partial charge in [-0.3, -0.25) is 0 Å². The van der Waals surface area contributed by atoms with E-state index < -0.39 is 0 Å². The lowest BCUT2D eigenvalue weighted by molar-refractivity contribution is 0.308. The van der Waals surface area contributed by atoms with E-state index in [2.05, 4.69) is 17.1 Å². The van der Waals surface area contributed by atoms with Gasteiger partial charge in [-0.05, 0) is 19.4 Å². The molecule has 1 aliphatic rings. The summed E-state index contributed by atoms with van der Waals surface area (Å²) in [6.45, 7) is 1.98. The first-order chi connectivity index (χ1) is 6.33. The minimum Gasteiger partial charge on any atom is -0.495 e. The summed E-state index contributed by atoms with van der Waals surface area (Å²) >= 11 is 0. The molecule has 1 aromatic heterocycles. The largest absolute Gasteiger partial charge is 0.495 e. The van der Waals surface area contributed by atoms with E-state index in [1.54, 1.807) is 13.3 Å². The van der Waals surface area contributed by atoms with Crippen molar-refractivity contribution in [3.63, 3.8) is 0 Å². The number of aromatic nitrogens is 2. The van der Waals surface area contributed by atoms with E-state index in [0.29, 0.717) is 0 Å². The standard InChI is InChI=1S/C10H12N2O/c1-8-11-6-7-12(8)9-4-3-5-10(9)13-2/h4-7H,3H2,1-2H3. The summed E-state index contributed by atoms with van der Waals surface area (Å²) in [4.78, 5) is 4.17. The molecule has 1 aliphatic carbocycles. The third kappa shape index (κ3) is 1.26. The van der Waals surface area contributed by atoms with E-state index in [0.717, 1.165) is 23.7 Å². The van der Waals surface area contributed by atoms with E-state index in [1.807, 2.05) is 17.7 Å². The Morgan fingerprint density at radius 2 is 2.31 bits per heavy atom. The normalized spacial score (nSPS) is 15.5. The molecule has 0 aliphatic heterocycles. The second-order valence-corrected chi connectivity index (χ2v) is 2.94. The molecular weight excluding hydrogens is 164 g/mol. The van der Waals surface area contributed by atoms with Crippen molar-refractivity contribution < 1.29 is 4.74 Å². The topological polar surface area (TPSA) is 27.1 Å². The Morgan fingerprint density at radius 3 is 2.92 bits per heavy atom. The second-order valence-electron chi connectivity index (χ2n) is 2.94. The summed E-state index contributed by atoms with van der Waals surface area (Å²) in [6, 6.07) is 0. The molecule has 0 amide bonds. The van der Waals surface area contributed by atoms with Crippen molar-refractivity contribution in [2.75, 3.05) is 7.11 Å². The Morgan fingerprint density at radius 1 is 1.46 bits per heavy atom. The van der Waals surface area contributed by atoms with Gasteiger partial charge in [0.05, 0.1) is 12.8 Å². The highest BCUT2D eigenvalue weighted by atomic mass is 16.5. The lowest BCUT2D eigenvalue weighted by Crippen LogP contribution is -2.00. The van der Waals surface area contributed by atoms with Crippen LogP contribution in [-0.2, 0) is 4.74 Å². The van der Waals surface area contributed by atoms with Crippen molar-refractivity contribution in [2.24, 2.45) is 0 Å². The molecule has 0 unspecified atom stereocenters. The van der Waals surface area contributed by atoms with Crippen LogP contribution in [0.3, 0.4) is 0 Å². The number of aryl methyl sites for hydroxylation is 1. The van der Waals surface area contributed by atoms with Gasteiger partial charge in [-0.25, -0.2) is 4.98 Å². The van der Waals surface area contributed by atoms with Crippen LogP contribution in [0.15, 0.2) is 30.3 Å². The lowest BCUT2D eigenvalue weighted by Gasteiger charge is -2.09. The Balaban J connectivity index is 2.38. The van der Waals surface area contributed by atoms with Crippen molar-refractivity contribution >= 4 is 5.70 Å². The molecule has 3 nitrogen and oxygen atoms in total. The number of hydrogen-bond acceptors (Lipinski definition) is 2. The molecule has 1 heterocycles. The molecule has 0 radical (unpaired) electrons. The summed E-state index contributed by atoms with van der Waals surface area (Å²) in [5.74, 6) is 1.91. The molecule has 0 aromatic carbocycles. The Bertz CT molecular complexity index is 374. The van der Waals surface area contributed by atoms with E-state index in [-0.39, 0.29) is 0 Å². The summed E-state index contributed by atoms with van der Waals surface area (Å²) in [6.07, 6.45) is 8.87. The molecule has 2 rings (SSSR count). The fourth-order valence-corrected chi connectivity index (χ4v) is 1.52. The van der Waals surface area contributed by atoms with Crippen LogP contribution in [0.5, 0.6) is 0 Å². The summed E-state index contributed by atoms with van der Waals surface area (Å²) in [5, 5.41) is 0. The average molecular weight is 176 g/mol. The monoisotopic (exact) mass is 176 g/mol. The number of allylic oxidation sites excluding steroid dienone is 3. The number of methoxy groups -OCH3 is 1. The van der Waals surface area contributed by atoms with Crippen LogP contribution in [0.4, 0.5) is 0 Å². The van der Waals surface area contributed by atoms with E-state index in [9.17, 15) is 0 Å². The fourth-order valence-electron chi connectivity index (χ4n) is 1.52. The minimum absolute atomic E-state index is 0.932. The number of hydrogen-bond donors (Lipinski definition) is 0. The smallest absolute Gasteiger partial charge is 0.138 e. The van der Waals surface area contributed by atoms with Crippen molar-refractivity contribution in [3.8, 4) is 0 Å². The van der Waals surface area contributed by atoms with E-state index >= 15 is 0 Å². The third-order valence-corrected chi connectivity index (χ3v) is 2.17. The van der Waals surface area contributed by atoms with Crippen LogP contribution < -0.4 is 0 Å². The predicted octanol–water partition coefficient (Wildman–Crippen LogP) is 1.97. The zero-order chi connectivity index (χ0) is 9.26. The molecule has 0 saturated heterocycles. The molecular formula is C10H12N2O. The fraction of sp³-hybridized carbons (Fsp3) is 0.300. The summed E-state index contributed by atoms with van der Waals surface area (Å²) in [7, 11) is 1.69. The van der Waals surface area contributed by atoms with E-state index in [1.165, 1.54) is 0 Å². The molecule has 0 atom stereocenters. The quantitative estimate of drug-likeness (QED) is 0.688. The van der Waals surface area contributed by atoms with Gasteiger partial charge < -0.3 is 9.30 Å². The maximum absolute atomic E-state index is 5.25. The number of rotatable bonds is 2. The number of imidazole rings is 1. The Hall–Kier alpha value is -1.51. The van der Waals surface area contributed by atoms with Gasteiger partial charge in [-0.2, -0.15) is 0 Å². The van der Waals surface area contributed by atoms with Crippen LogP contribution in [0, 0.1) is 6.92 Å². The number of nitrogens with zero attached hydrogens (tertiary/aromatic N) is 2. The zero-order valence-electron chi connectivity index (χ0n) is 7.82. The van der Waals surface area contributed by atoms with Crippen LogP contribution >= 0.6 is 0 Å².